The SMILES string of the molecule is CN1CCN(C(=O)CN2CCCCCCC2=O)[C@H](c2ccccc2)C1. The molecule has 3 rings (SSSR count). The van der Waals surface area contributed by atoms with Crippen molar-refractivity contribution in [2.45, 2.75) is 38.1 Å². The number of amides is 2. The Balaban J connectivity index is 1.71. The van der Waals surface area contributed by atoms with Gasteiger partial charge in [-0.05, 0) is 25.5 Å². The molecule has 0 bridgehead atoms. The molecule has 0 spiro atoms. The summed E-state index contributed by atoms with van der Waals surface area (Å²) in [5.41, 5.74) is 1.17. The van der Waals surface area contributed by atoms with Gasteiger partial charge in [0.1, 0.15) is 0 Å². The van der Waals surface area contributed by atoms with Crippen molar-refractivity contribution >= 4 is 11.8 Å². The quantitative estimate of drug-likeness (QED) is 0.846. The number of hydrogen-bond acceptors (Lipinski definition) is 3. The van der Waals surface area contributed by atoms with E-state index in [9.17, 15) is 9.59 Å². The minimum absolute atomic E-state index is 0.0670. The molecule has 1 aromatic rings. The number of benzene rings is 1. The lowest BCUT2D eigenvalue weighted by molar-refractivity contribution is -0.144. The summed E-state index contributed by atoms with van der Waals surface area (Å²) in [7, 11) is 2.10. The Morgan fingerprint density at radius 3 is 2.60 bits per heavy atom. The number of carbonyl (C=O) groups excluding carboxylic acids is 2. The van der Waals surface area contributed by atoms with E-state index in [1.165, 1.54) is 5.56 Å². The predicted octanol–water partition coefficient (Wildman–Crippen LogP) is 2.29. The maximum atomic E-state index is 13.0. The van der Waals surface area contributed by atoms with E-state index in [0.29, 0.717) is 13.0 Å². The lowest BCUT2D eigenvalue weighted by Crippen LogP contribution is -2.52. The second-order valence-corrected chi connectivity index (χ2v) is 7.26. The molecule has 2 heterocycles. The zero-order valence-corrected chi connectivity index (χ0v) is 15.2. The predicted molar refractivity (Wildman–Crippen MR) is 98.1 cm³/mol. The molecule has 0 saturated carbocycles. The monoisotopic (exact) mass is 343 g/mol. The van der Waals surface area contributed by atoms with Gasteiger partial charge in [0.25, 0.3) is 0 Å². The highest BCUT2D eigenvalue weighted by Crippen LogP contribution is 2.25. The third kappa shape index (κ3) is 4.60. The fourth-order valence-corrected chi connectivity index (χ4v) is 3.81. The van der Waals surface area contributed by atoms with Gasteiger partial charge >= 0.3 is 0 Å². The Morgan fingerprint density at radius 1 is 1.04 bits per heavy atom. The Kier molecular flexibility index (Phi) is 6.08. The molecule has 5 heteroatoms. The molecule has 5 nitrogen and oxygen atoms in total. The summed E-state index contributed by atoms with van der Waals surface area (Å²) in [6, 6.07) is 10.3. The number of piperazine rings is 1. The van der Waals surface area contributed by atoms with Crippen LogP contribution >= 0.6 is 0 Å². The summed E-state index contributed by atoms with van der Waals surface area (Å²) in [5, 5.41) is 0. The first kappa shape index (κ1) is 17.9. The molecular weight excluding hydrogens is 314 g/mol. The van der Waals surface area contributed by atoms with Crippen LogP contribution in [0, 0.1) is 0 Å². The lowest BCUT2D eigenvalue weighted by atomic mass is 10.0. The first-order chi connectivity index (χ1) is 12.1. The molecular formula is C20H29N3O2. The van der Waals surface area contributed by atoms with Crippen LogP contribution in [0.5, 0.6) is 0 Å². The molecule has 0 unspecified atom stereocenters. The van der Waals surface area contributed by atoms with E-state index in [-0.39, 0.29) is 24.4 Å². The van der Waals surface area contributed by atoms with E-state index in [4.69, 9.17) is 0 Å². The van der Waals surface area contributed by atoms with E-state index in [2.05, 4.69) is 24.1 Å². The first-order valence-electron chi connectivity index (χ1n) is 9.46. The normalized spacial score (nSPS) is 23.2. The third-order valence-electron chi connectivity index (χ3n) is 5.34. The molecule has 2 amide bonds. The van der Waals surface area contributed by atoms with Gasteiger partial charge in [0.05, 0.1) is 12.6 Å². The van der Waals surface area contributed by atoms with Crippen LogP contribution in [-0.2, 0) is 9.59 Å². The summed E-state index contributed by atoms with van der Waals surface area (Å²) in [4.78, 5) is 31.4. The molecule has 2 saturated heterocycles. The largest absolute Gasteiger partial charge is 0.333 e. The van der Waals surface area contributed by atoms with Crippen LogP contribution in [0.2, 0.25) is 0 Å². The average molecular weight is 343 g/mol. The summed E-state index contributed by atoms with van der Waals surface area (Å²) >= 11 is 0. The minimum atomic E-state index is 0.0670. The minimum Gasteiger partial charge on any atom is -0.333 e. The molecule has 2 fully saturated rings. The summed E-state index contributed by atoms with van der Waals surface area (Å²) in [6.07, 6.45) is 4.81. The van der Waals surface area contributed by atoms with Crippen molar-refractivity contribution < 1.29 is 9.59 Å². The Labute approximate surface area is 150 Å². The Morgan fingerprint density at radius 2 is 1.80 bits per heavy atom. The van der Waals surface area contributed by atoms with Crippen LogP contribution in [0.25, 0.3) is 0 Å². The summed E-state index contributed by atoms with van der Waals surface area (Å²) < 4.78 is 0. The number of likely N-dealkylation sites (N-methyl/N-ethyl adjacent to an activating group) is 1. The van der Waals surface area contributed by atoms with E-state index in [1.807, 2.05) is 23.1 Å². The van der Waals surface area contributed by atoms with Gasteiger partial charge in [0.2, 0.25) is 11.8 Å². The number of likely N-dealkylation sites (tertiary alicyclic amines) is 1. The highest BCUT2D eigenvalue weighted by Gasteiger charge is 2.31. The molecule has 0 N–H and O–H groups in total. The maximum absolute atomic E-state index is 13.0. The number of rotatable bonds is 3. The Bertz CT molecular complexity index is 590. The molecule has 25 heavy (non-hydrogen) atoms. The van der Waals surface area contributed by atoms with Crippen LogP contribution in [-0.4, -0.2) is 66.3 Å². The van der Waals surface area contributed by atoms with Gasteiger partial charge in [0.15, 0.2) is 0 Å². The number of carbonyl (C=O) groups is 2. The van der Waals surface area contributed by atoms with Crippen molar-refractivity contribution in [2.75, 3.05) is 39.8 Å². The molecule has 0 radical (unpaired) electrons. The van der Waals surface area contributed by atoms with Crippen molar-refractivity contribution in [2.24, 2.45) is 0 Å². The van der Waals surface area contributed by atoms with Gasteiger partial charge in [-0.3, -0.25) is 9.59 Å². The van der Waals surface area contributed by atoms with Crippen LogP contribution < -0.4 is 0 Å². The van der Waals surface area contributed by atoms with Crippen molar-refractivity contribution in [3.63, 3.8) is 0 Å². The number of hydrogen-bond donors (Lipinski definition) is 0. The highest BCUT2D eigenvalue weighted by molar-refractivity contribution is 5.85. The fraction of sp³-hybridized carbons (Fsp3) is 0.600. The van der Waals surface area contributed by atoms with Gasteiger partial charge in [0, 0.05) is 32.6 Å². The third-order valence-corrected chi connectivity index (χ3v) is 5.34. The van der Waals surface area contributed by atoms with Crippen LogP contribution in [0.3, 0.4) is 0 Å². The zero-order valence-electron chi connectivity index (χ0n) is 15.2. The standard InChI is InChI=1S/C20H29N3O2/c1-21-13-14-23(18(15-21)17-9-5-4-6-10-17)20(25)16-22-12-8-3-2-7-11-19(22)24/h4-6,9-10,18H,2-3,7-8,11-16H2,1H3/t18-/m0/s1. The maximum Gasteiger partial charge on any atom is 0.242 e. The van der Waals surface area contributed by atoms with Crippen LogP contribution in [0.4, 0.5) is 0 Å². The van der Waals surface area contributed by atoms with E-state index in [0.717, 1.165) is 45.3 Å². The molecule has 136 valence electrons. The smallest absolute Gasteiger partial charge is 0.242 e. The molecule has 2 aliphatic heterocycles. The summed E-state index contributed by atoms with van der Waals surface area (Å²) in [5.74, 6) is 0.217. The molecule has 1 aromatic carbocycles. The first-order valence-corrected chi connectivity index (χ1v) is 9.46. The second kappa shape index (κ2) is 8.48. The van der Waals surface area contributed by atoms with E-state index in [1.54, 1.807) is 4.90 Å². The zero-order chi connectivity index (χ0) is 17.6. The molecule has 0 aromatic heterocycles. The summed E-state index contributed by atoms with van der Waals surface area (Å²) in [6.45, 7) is 3.38. The van der Waals surface area contributed by atoms with Crippen molar-refractivity contribution in [3.05, 3.63) is 35.9 Å². The fourth-order valence-electron chi connectivity index (χ4n) is 3.81. The number of nitrogens with zero attached hydrogens (tertiary/aromatic N) is 3. The van der Waals surface area contributed by atoms with Gasteiger partial charge < -0.3 is 14.7 Å². The Hall–Kier alpha value is -1.88. The van der Waals surface area contributed by atoms with Gasteiger partial charge in [-0.1, -0.05) is 43.2 Å². The van der Waals surface area contributed by atoms with Crippen molar-refractivity contribution in [3.8, 4) is 0 Å². The van der Waals surface area contributed by atoms with Gasteiger partial charge in [-0.15, -0.1) is 0 Å². The van der Waals surface area contributed by atoms with Crippen LogP contribution in [0.15, 0.2) is 30.3 Å². The lowest BCUT2D eigenvalue weighted by Gasteiger charge is -2.41. The highest BCUT2D eigenvalue weighted by atomic mass is 16.2. The van der Waals surface area contributed by atoms with Crippen molar-refractivity contribution in [1.82, 2.24) is 14.7 Å². The van der Waals surface area contributed by atoms with Crippen LogP contribution in [0.1, 0.15) is 43.7 Å². The van der Waals surface area contributed by atoms with Gasteiger partial charge in [-0.25, -0.2) is 0 Å². The molecule has 1 atom stereocenters. The van der Waals surface area contributed by atoms with E-state index < -0.39 is 0 Å². The van der Waals surface area contributed by atoms with E-state index >= 15 is 0 Å². The topological polar surface area (TPSA) is 43.9 Å². The molecule has 2 aliphatic rings. The molecule has 0 aliphatic carbocycles. The van der Waals surface area contributed by atoms with Crippen molar-refractivity contribution in [1.29, 1.82) is 0 Å². The average Bonchev–Trinajstić information content (AvgIpc) is 2.62. The second-order valence-electron chi connectivity index (χ2n) is 7.26. The van der Waals surface area contributed by atoms with Gasteiger partial charge in [-0.2, -0.15) is 0 Å².